The van der Waals surface area contributed by atoms with Gasteiger partial charge in [-0.25, -0.2) is 8.42 Å². The maximum Gasteiger partial charge on any atom is 0.237 e. The largest absolute Gasteiger partial charge is 0.397 e. The molecule has 3 N–H and O–H groups in total. The summed E-state index contributed by atoms with van der Waals surface area (Å²) in [6, 6.07) is 13.4. The van der Waals surface area contributed by atoms with Gasteiger partial charge in [0, 0.05) is 4.47 Å². The van der Waals surface area contributed by atoms with Gasteiger partial charge in [0.25, 0.3) is 0 Å². The number of rotatable bonds is 4. The molecule has 0 aliphatic carbocycles. The van der Waals surface area contributed by atoms with Crippen LogP contribution in [0.4, 0.5) is 11.4 Å². The first kappa shape index (κ1) is 15.4. The zero-order chi connectivity index (χ0) is 15.5. The topological polar surface area (TPSA) is 96.0 Å². The third kappa shape index (κ3) is 3.97. The first-order chi connectivity index (χ1) is 9.91. The molecular weight excluding hydrogens is 354 g/mol. The molecule has 0 atom stereocenters. The smallest absolute Gasteiger partial charge is 0.237 e. The van der Waals surface area contributed by atoms with Gasteiger partial charge >= 0.3 is 0 Å². The second kappa shape index (κ2) is 6.16. The number of nitriles is 1. The van der Waals surface area contributed by atoms with Crippen LogP contribution in [0.25, 0.3) is 0 Å². The second-order valence-electron chi connectivity index (χ2n) is 4.36. The SMILES string of the molecule is N#Cc1ccccc1CS(=O)(=O)Nc1ccc(Br)cc1N. The molecule has 0 fully saturated rings. The minimum atomic E-state index is -3.65. The van der Waals surface area contributed by atoms with E-state index in [0.29, 0.717) is 22.5 Å². The Labute approximate surface area is 131 Å². The summed E-state index contributed by atoms with van der Waals surface area (Å²) in [6.45, 7) is 0. The van der Waals surface area contributed by atoms with E-state index in [9.17, 15) is 8.42 Å². The van der Waals surface area contributed by atoms with Crippen LogP contribution in [-0.4, -0.2) is 8.42 Å². The maximum absolute atomic E-state index is 12.2. The normalized spacial score (nSPS) is 10.9. The van der Waals surface area contributed by atoms with Gasteiger partial charge in [0.1, 0.15) is 0 Å². The first-order valence-electron chi connectivity index (χ1n) is 5.95. The third-order valence-corrected chi connectivity index (χ3v) is 4.48. The number of benzene rings is 2. The standard InChI is InChI=1S/C14H12BrN3O2S/c15-12-5-6-14(13(17)7-12)18-21(19,20)9-11-4-2-1-3-10(11)8-16/h1-7,18H,9,17H2. The summed E-state index contributed by atoms with van der Waals surface area (Å²) in [6.07, 6.45) is 0. The van der Waals surface area contributed by atoms with Crippen molar-refractivity contribution in [2.75, 3.05) is 10.5 Å². The summed E-state index contributed by atoms with van der Waals surface area (Å²) in [5.41, 5.74) is 7.19. The molecule has 2 rings (SSSR count). The van der Waals surface area contributed by atoms with Gasteiger partial charge in [0.05, 0.1) is 28.8 Å². The molecule has 0 aromatic heterocycles. The van der Waals surface area contributed by atoms with Gasteiger partial charge in [-0.3, -0.25) is 4.72 Å². The highest BCUT2D eigenvalue weighted by molar-refractivity contribution is 9.10. The Morgan fingerprint density at radius 1 is 1.24 bits per heavy atom. The number of hydrogen-bond acceptors (Lipinski definition) is 4. The number of hydrogen-bond donors (Lipinski definition) is 2. The van der Waals surface area contributed by atoms with E-state index in [1.54, 1.807) is 42.5 Å². The third-order valence-electron chi connectivity index (χ3n) is 2.76. The molecule has 2 aromatic carbocycles. The molecule has 0 amide bonds. The van der Waals surface area contributed by atoms with Crippen molar-refractivity contribution < 1.29 is 8.42 Å². The van der Waals surface area contributed by atoms with Crippen molar-refractivity contribution in [3.63, 3.8) is 0 Å². The molecule has 0 bridgehead atoms. The molecule has 108 valence electrons. The van der Waals surface area contributed by atoms with E-state index in [4.69, 9.17) is 11.0 Å². The van der Waals surface area contributed by atoms with E-state index < -0.39 is 10.0 Å². The monoisotopic (exact) mass is 365 g/mol. The number of anilines is 2. The zero-order valence-corrected chi connectivity index (χ0v) is 13.3. The summed E-state index contributed by atoms with van der Waals surface area (Å²) < 4.78 is 27.6. The Morgan fingerprint density at radius 2 is 1.95 bits per heavy atom. The van der Waals surface area contributed by atoms with Crippen molar-refractivity contribution in [2.45, 2.75) is 5.75 Å². The fourth-order valence-electron chi connectivity index (χ4n) is 1.79. The van der Waals surface area contributed by atoms with E-state index in [2.05, 4.69) is 20.7 Å². The summed E-state index contributed by atoms with van der Waals surface area (Å²) in [5.74, 6) is -0.285. The molecule has 0 radical (unpaired) electrons. The van der Waals surface area contributed by atoms with Gasteiger partial charge in [-0.1, -0.05) is 34.1 Å². The van der Waals surface area contributed by atoms with Crippen LogP contribution >= 0.6 is 15.9 Å². The van der Waals surface area contributed by atoms with Crippen molar-refractivity contribution in [3.8, 4) is 6.07 Å². The minimum absolute atomic E-state index is 0.285. The molecule has 0 unspecified atom stereocenters. The number of nitrogens with zero attached hydrogens (tertiary/aromatic N) is 1. The molecule has 0 spiro atoms. The molecule has 2 aromatic rings. The van der Waals surface area contributed by atoms with E-state index in [1.165, 1.54) is 0 Å². The van der Waals surface area contributed by atoms with Crippen LogP contribution in [0.5, 0.6) is 0 Å². The molecule has 0 saturated heterocycles. The highest BCUT2D eigenvalue weighted by atomic mass is 79.9. The van der Waals surface area contributed by atoms with Crippen molar-refractivity contribution >= 4 is 37.3 Å². The van der Waals surface area contributed by atoms with Crippen LogP contribution in [0.2, 0.25) is 0 Å². The van der Waals surface area contributed by atoms with E-state index in [1.807, 2.05) is 6.07 Å². The molecular formula is C14H12BrN3O2S. The van der Waals surface area contributed by atoms with Gasteiger partial charge < -0.3 is 5.73 Å². The number of nitrogen functional groups attached to an aromatic ring is 1. The fourth-order valence-corrected chi connectivity index (χ4v) is 3.42. The summed E-state index contributed by atoms with van der Waals surface area (Å²) in [7, 11) is -3.65. The predicted molar refractivity (Wildman–Crippen MR) is 86.0 cm³/mol. The Hall–Kier alpha value is -2.04. The molecule has 0 saturated carbocycles. The van der Waals surface area contributed by atoms with E-state index in [-0.39, 0.29) is 5.75 Å². The van der Waals surface area contributed by atoms with Crippen LogP contribution in [0.1, 0.15) is 11.1 Å². The van der Waals surface area contributed by atoms with Crippen molar-refractivity contribution in [1.29, 1.82) is 5.26 Å². The summed E-state index contributed by atoms with van der Waals surface area (Å²) >= 11 is 3.26. The van der Waals surface area contributed by atoms with Crippen molar-refractivity contribution in [1.82, 2.24) is 0 Å². The van der Waals surface area contributed by atoms with Crippen LogP contribution in [-0.2, 0) is 15.8 Å². The van der Waals surface area contributed by atoms with Crippen LogP contribution < -0.4 is 10.5 Å². The zero-order valence-electron chi connectivity index (χ0n) is 10.9. The molecule has 21 heavy (non-hydrogen) atoms. The lowest BCUT2D eigenvalue weighted by molar-refractivity contribution is 0.600. The first-order valence-corrected chi connectivity index (χ1v) is 8.39. The van der Waals surface area contributed by atoms with Crippen molar-refractivity contribution in [3.05, 3.63) is 58.1 Å². The predicted octanol–water partition coefficient (Wildman–Crippen LogP) is 2.84. The summed E-state index contributed by atoms with van der Waals surface area (Å²) in [5, 5.41) is 8.99. The molecule has 5 nitrogen and oxygen atoms in total. The number of nitrogens with one attached hydrogen (secondary N) is 1. The van der Waals surface area contributed by atoms with Crippen molar-refractivity contribution in [2.24, 2.45) is 0 Å². The molecule has 0 heterocycles. The Kier molecular flexibility index (Phi) is 4.50. The maximum atomic E-state index is 12.2. The average molecular weight is 366 g/mol. The molecule has 7 heteroatoms. The number of nitrogens with two attached hydrogens (primary N) is 1. The van der Waals surface area contributed by atoms with Gasteiger partial charge in [-0.2, -0.15) is 5.26 Å². The fraction of sp³-hybridized carbons (Fsp3) is 0.0714. The Morgan fingerprint density at radius 3 is 2.62 bits per heavy atom. The quantitative estimate of drug-likeness (QED) is 0.814. The minimum Gasteiger partial charge on any atom is -0.397 e. The van der Waals surface area contributed by atoms with E-state index >= 15 is 0 Å². The van der Waals surface area contributed by atoms with Gasteiger partial charge in [0.15, 0.2) is 0 Å². The van der Waals surface area contributed by atoms with Gasteiger partial charge in [0.2, 0.25) is 10.0 Å². The Balaban J connectivity index is 2.25. The highest BCUT2D eigenvalue weighted by Crippen LogP contribution is 2.24. The van der Waals surface area contributed by atoms with Gasteiger partial charge in [-0.05, 0) is 29.8 Å². The molecule has 0 aliphatic heterocycles. The lowest BCUT2D eigenvalue weighted by Gasteiger charge is -2.11. The van der Waals surface area contributed by atoms with Gasteiger partial charge in [-0.15, -0.1) is 0 Å². The lowest BCUT2D eigenvalue weighted by Crippen LogP contribution is -2.16. The highest BCUT2D eigenvalue weighted by Gasteiger charge is 2.15. The van der Waals surface area contributed by atoms with Crippen LogP contribution in [0, 0.1) is 11.3 Å². The number of sulfonamides is 1. The van der Waals surface area contributed by atoms with Crippen LogP contribution in [0.15, 0.2) is 46.9 Å². The summed E-state index contributed by atoms with van der Waals surface area (Å²) in [4.78, 5) is 0. The lowest BCUT2D eigenvalue weighted by atomic mass is 10.1. The average Bonchev–Trinajstić information content (AvgIpc) is 2.42. The van der Waals surface area contributed by atoms with Crippen LogP contribution in [0.3, 0.4) is 0 Å². The number of halogens is 1. The molecule has 0 aliphatic rings. The Bertz CT molecular complexity index is 813. The second-order valence-corrected chi connectivity index (χ2v) is 7.00. The van der Waals surface area contributed by atoms with E-state index in [0.717, 1.165) is 4.47 Å².